The smallest absolute Gasteiger partial charge is 0.271 e. The lowest BCUT2D eigenvalue weighted by molar-refractivity contribution is 0.0942. The summed E-state index contributed by atoms with van der Waals surface area (Å²) >= 11 is 0. The molecule has 1 aromatic carbocycles. The van der Waals surface area contributed by atoms with E-state index >= 15 is 0 Å². The van der Waals surface area contributed by atoms with Crippen LogP contribution in [0.25, 0.3) is 0 Å². The van der Waals surface area contributed by atoms with Gasteiger partial charge in [-0.3, -0.25) is 9.78 Å². The maximum atomic E-state index is 13.4. The summed E-state index contributed by atoms with van der Waals surface area (Å²) in [5, 5.41) is 2.87. The van der Waals surface area contributed by atoms with Crippen LogP contribution in [0.4, 0.5) is 4.39 Å². The molecule has 0 saturated carbocycles. The molecule has 0 aliphatic heterocycles. The van der Waals surface area contributed by atoms with Crippen molar-refractivity contribution in [1.82, 2.24) is 19.9 Å². The first-order valence-electron chi connectivity index (χ1n) is 7.63. The second-order valence-electron chi connectivity index (χ2n) is 5.42. The average Bonchev–Trinajstić information content (AvgIpc) is 3.13. The Kier molecular flexibility index (Phi) is 4.96. The lowest BCUT2D eigenvalue weighted by atomic mass is 10.1. The van der Waals surface area contributed by atoms with E-state index in [2.05, 4.69) is 15.3 Å². The van der Waals surface area contributed by atoms with Crippen LogP contribution in [0, 0.1) is 5.82 Å². The quantitative estimate of drug-likeness (QED) is 0.758. The first-order valence-corrected chi connectivity index (χ1v) is 7.63. The van der Waals surface area contributed by atoms with E-state index in [1.807, 2.05) is 35.2 Å². The number of halogens is 1. The molecular formula is C18H17FN4O. The van der Waals surface area contributed by atoms with Crippen molar-refractivity contribution in [1.29, 1.82) is 0 Å². The third-order valence-corrected chi connectivity index (χ3v) is 3.70. The predicted molar refractivity (Wildman–Crippen MR) is 87.9 cm³/mol. The minimum absolute atomic E-state index is 0.0255. The van der Waals surface area contributed by atoms with Gasteiger partial charge in [-0.1, -0.05) is 12.1 Å². The molecule has 0 aliphatic carbocycles. The monoisotopic (exact) mass is 324 g/mol. The molecule has 0 unspecified atom stereocenters. The normalized spacial score (nSPS) is 11.9. The molecule has 0 bridgehead atoms. The molecule has 0 spiro atoms. The average molecular weight is 324 g/mol. The Morgan fingerprint density at radius 3 is 2.75 bits per heavy atom. The number of nitrogens with one attached hydrogen (secondary N) is 1. The molecule has 6 heteroatoms. The topological polar surface area (TPSA) is 59.8 Å². The number of amides is 1. The zero-order valence-corrected chi connectivity index (χ0v) is 13.0. The van der Waals surface area contributed by atoms with Gasteiger partial charge in [-0.15, -0.1) is 0 Å². The maximum absolute atomic E-state index is 13.4. The van der Waals surface area contributed by atoms with E-state index in [0.29, 0.717) is 13.0 Å². The SMILES string of the molecule is O=C(NC[C@H](Cc1cccc(F)c1)n1cccc1)c1cnccn1. The van der Waals surface area contributed by atoms with E-state index in [0.717, 1.165) is 5.56 Å². The highest BCUT2D eigenvalue weighted by atomic mass is 19.1. The van der Waals surface area contributed by atoms with Crippen molar-refractivity contribution in [2.45, 2.75) is 12.5 Å². The first-order chi connectivity index (χ1) is 11.7. The maximum Gasteiger partial charge on any atom is 0.271 e. The van der Waals surface area contributed by atoms with Crippen LogP contribution in [-0.2, 0) is 6.42 Å². The molecule has 3 aromatic rings. The largest absolute Gasteiger partial charge is 0.349 e. The van der Waals surface area contributed by atoms with Crippen LogP contribution in [0.15, 0.2) is 67.4 Å². The summed E-state index contributed by atoms with van der Waals surface area (Å²) in [5.41, 5.74) is 1.15. The highest BCUT2D eigenvalue weighted by Crippen LogP contribution is 2.15. The first kappa shape index (κ1) is 15.9. The van der Waals surface area contributed by atoms with Crippen molar-refractivity contribution in [3.63, 3.8) is 0 Å². The van der Waals surface area contributed by atoms with Crippen LogP contribution < -0.4 is 5.32 Å². The van der Waals surface area contributed by atoms with Gasteiger partial charge in [0.05, 0.1) is 12.2 Å². The van der Waals surface area contributed by atoms with Crippen LogP contribution in [-0.4, -0.2) is 27.0 Å². The zero-order chi connectivity index (χ0) is 16.8. The van der Waals surface area contributed by atoms with Crippen LogP contribution in [0.3, 0.4) is 0 Å². The van der Waals surface area contributed by atoms with Crippen molar-refractivity contribution in [3.8, 4) is 0 Å². The summed E-state index contributed by atoms with van der Waals surface area (Å²) < 4.78 is 15.4. The van der Waals surface area contributed by atoms with E-state index in [1.165, 1.54) is 30.7 Å². The molecule has 1 N–H and O–H groups in total. The van der Waals surface area contributed by atoms with Gasteiger partial charge in [0.1, 0.15) is 11.5 Å². The lowest BCUT2D eigenvalue weighted by Crippen LogP contribution is -2.32. The molecule has 5 nitrogen and oxygen atoms in total. The molecule has 1 amide bonds. The van der Waals surface area contributed by atoms with Crippen molar-refractivity contribution in [2.24, 2.45) is 0 Å². The number of aromatic nitrogens is 3. The van der Waals surface area contributed by atoms with Gasteiger partial charge >= 0.3 is 0 Å². The van der Waals surface area contributed by atoms with E-state index < -0.39 is 0 Å². The van der Waals surface area contributed by atoms with Gasteiger partial charge in [0.15, 0.2) is 0 Å². The molecule has 0 saturated heterocycles. The van der Waals surface area contributed by atoms with E-state index in [4.69, 9.17) is 0 Å². The molecule has 0 fully saturated rings. The van der Waals surface area contributed by atoms with E-state index in [-0.39, 0.29) is 23.5 Å². The fourth-order valence-electron chi connectivity index (χ4n) is 2.53. The minimum Gasteiger partial charge on any atom is -0.349 e. The van der Waals surface area contributed by atoms with Crippen LogP contribution in [0.1, 0.15) is 22.1 Å². The number of carbonyl (C=O) groups is 1. The summed E-state index contributed by atoms with van der Waals surface area (Å²) in [6.45, 7) is 0.403. The summed E-state index contributed by atoms with van der Waals surface area (Å²) in [5.74, 6) is -0.540. The summed E-state index contributed by atoms with van der Waals surface area (Å²) in [6.07, 6.45) is 8.88. The Morgan fingerprint density at radius 2 is 2.04 bits per heavy atom. The predicted octanol–water partition coefficient (Wildman–Crippen LogP) is 2.63. The second-order valence-corrected chi connectivity index (χ2v) is 5.42. The molecule has 3 rings (SSSR count). The van der Waals surface area contributed by atoms with Gasteiger partial charge in [-0.2, -0.15) is 0 Å². The number of hydrogen-bond acceptors (Lipinski definition) is 3. The fraction of sp³-hybridized carbons (Fsp3) is 0.167. The van der Waals surface area contributed by atoms with Crippen molar-refractivity contribution < 1.29 is 9.18 Å². The van der Waals surface area contributed by atoms with E-state index in [9.17, 15) is 9.18 Å². The number of hydrogen-bond donors (Lipinski definition) is 1. The highest BCUT2D eigenvalue weighted by Gasteiger charge is 2.14. The molecule has 2 aromatic heterocycles. The van der Waals surface area contributed by atoms with Crippen LogP contribution >= 0.6 is 0 Å². The zero-order valence-electron chi connectivity index (χ0n) is 13.0. The van der Waals surface area contributed by atoms with Crippen molar-refractivity contribution in [3.05, 3.63) is 84.5 Å². The van der Waals surface area contributed by atoms with Gasteiger partial charge < -0.3 is 9.88 Å². The molecule has 122 valence electrons. The van der Waals surface area contributed by atoms with Gasteiger partial charge in [0.2, 0.25) is 0 Å². The third kappa shape index (κ3) is 4.04. The minimum atomic E-state index is -0.278. The van der Waals surface area contributed by atoms with Gasteiger partial charge in [-0.25, -0.2) is 9.37 Å². The second kappa shape index (κ2) is 7.50. The van der Waals surface area contributed by atoms with Gasteiger partial charge in [-0.05, 0) is 36.2 Å². The number of nitrogens with zero attached hydrogens (tertiary/aromatic N) is 3. The summed E-state index contributed by atoms with van der Waals surface area (Å²) in [4.78, 5) is 20.0. The third-order valence-electron chi connectivity index (χ3n) is 3.70. The van der Waals surface area contributed by atoms with Crippen LogP contribution in [0.2, 0.25) is 0 Å². The Labute approximate surface area is 139 Å². The van der Waals surface area contributed by atoms with Crippen molar-refractivity contribution in [2.75, 3.05) is 6.54 Å². The Balaban J connectivity index is 1.70. The summed E-state index contributed by atoms with van der Waals surface area (Å²) in [7, 11) is 0. The van der Waals surface area contributed by atoms with E-state index in [1.54, 1.807) is 6.07 Å². The standard InChI is InChI=1S/C18H17FN4O/c19-15-5-3-4-14(10-15)11-16(23-8-1-2-9-23)12-22-18(24)17-13-20-6-7-21-17/h1-10,13,16H,11-12H2,(H,22,24)/t16-/m0/s1. The summed E-state index contributed by atoms with van der Waals surface area (Å²) in [6, 6.07) is 10.3. The van der Waals surface area contributed by atoms with Gasteiger partial charge in [0, 0.05) is 31.3 Å². The number of benzene rings is 1. The van der Waals surface area contributed by atoms with Crippen LogP contribution in [0.5, 0.6) is 0 Å². The molecular weight excluding hydrogens is 307 g/mol. The number of carbonyl (C=O) groups excluding carboxylic acids is 1. The highest BCUT2D eigenvalue weighted by molar-refractivity contribution is 5.91. The molecule has 1 atom stereocenters. The number of rotatable bonds is 6. The molecule has 0 aliphatic rings. The fourth-order valence-corrected chi connectivity index (χ4v) is 2.53. The Bertz CT molecular complexity index is 790. The van der Waals surface area contributed by atoms with Gasteiger partial charge in [0.25, 0.3) is 5.91 Å². The lowest BCUT2D eigenvalue weighted by Gasteiger charge is -2.20. The molecule has 0 radical (unpaired) electrons. The molecule has 2 heterocycles. The van der Waals surface area contributed by atoms with Crippen molar-refractivity contribution >= 4 is 5.91 Å². The Morgan fingerprint density at radius 1 is 1.21 bits per heavy atom. The molecule has 24 heavy (non-hydrogen) atoms. The Hall–Kier alpha value is -3.02.